The highest BCUT2D eigenvalue weighted by Crippen LogP contribution is 2.70. The van der Waals surface area contributed by atoms with Crippen molar-refractivity contribution < 1.29 is 0 Å². The first-order valence-electron chi connectivity index (χ1n) is 21.3. The molecule has 58 heavy (non-hydrogen) atoms. The molecule has 5 aliphatic rings. The van der Waals surface area contributed by atoms with Gasteiger partial charge < -0.3 is 0 Å². The maximum atomic E-state index is 5.39. The molecule has 0 aliphatic heterocycles. The predicted octanol–water partition coefficient (Wildman–Crippen LogP) is 14.3. The molecule has 4 saturated carbocycles. The minimum atomic E-state index is 0.148. The van der Waals surface area contributed by atoms with Crippen LogP contribution in [-0.4, -0.2) is 9.97 Å². The largest absolute Gasteiger partial charge is 0.244 e. The van der Waals surface area contributed by atoms with Crippen LogP contribution in [0.15, 0.2) is 170 Å². The molecule has 2 heteroatoms. The monoisotopic (exact) mass is 742 g/mol. The second-order valence-corrected chi connectivity index (χ2v) is 17.7. The van der Waals surface area contributed by atoms with Gasteiger partial charge in [0.05, 0.1) is 22.4 Å². The summed E-state index contributed by atoms with van der Waals surface area (Å²) in [6.45, 7) is 0. The first kappa shape index (κ1) is 32.7. The molecule has 9 aromatic rings. The zero-order valence-corrected chi connectivity index (χ0v) is 32.4. The molecule has 4 bridgehead atoms. The molecule has 4 fully saturated rings. The molecule has 5 aliphatic carbocycles. The standard InChI is InChI=1S/C56H42N2/c1-2-11-40(12-3-1)53-54(58-55-47-16-7-5-10-39(47)23-26-51(55)57-53)43-14-8-13-41(32-43)36-17-19-37(20-18-36)42-22-25-50-49(33-42)48-24-21-38-9-4-6-15-46(38)52(48)56(50)44-28-34-27-35(30-44)31-45(56)29-34/h1-26,32-35,44-45H,27-31H2. The van der Waals surface area contributed by atoms with Gasteiger partial charge in [0, 0.05) is 21.9 Å². The van der Waals surface area contributed by atoms with Gasteiger partial charge in [0.1, 0.15) is 0 Å². The van der Waals surface area contributed by atoms with E-state index in [0.717, 1.165) is 62.6 Å². The van der Waals surface area contributed by atoms with E-state index in [1.54, 1.807) is 11.1 Å². The van der Waals surface area contributed by atoms with Crippen LogP contribution in [0.3, 0.4) is 0 Å². The normalized spacial score (nSPS) is 22.6. The van der Waals surface area contributed by atoms with Crippen molar-refractivity contribution in [1.82, 2.24) is 9.97 Å². The van der Waals surface area contributed by atoms with E-state index < -0.39 is 0 Å². The van der Waals surface area contributed by atoms with Gasteiger partial charge >= 0.3 is 0 Å². The number of nitrogens with zero attached hydrogens (tertiary/aromatic N) is 2. The molecular formula is C56H42N2. The van der Waals surface area contributed by atoms with Crippen LogP contribution >= 0.6 is 0 Å². The Balaban J connectivity index is 0.898. The highest BCUT2D eigenvalue weighted by Gasteiger charge is 2.62. The Bertz CT molecular complexity index is 3090. The maximum Gasteiger partial charge on any atom is 0.0973 e. The summed E-state index contributed by atoms with van der Waals surface area (Å²) in [6, 6.07) is 62.8. The fourth-order valence-electron chi connectivity index (χ4n) is 12.6. The molecule has 1 heterocycles. The second kappa shape index (κ2) is 12.3. The van der Waals surface area contributed by atoms with E-state index in [1.165, 1.54) is 81.6 Å². The molecule has 14 rings (SSSR count). The average Bonchev–Trinajstić information content (AvgIpc) is 3.58. The molecule has 1 spiro atoms. The van der Waals surface area contributed by atoms with E-state index in [4.69, 9.17) is 9.97 Å². The van der Waals surface area contributed by atoms with Crippen LogP contribution in [0.2, 0.25) is 0 Å². The van der Waals surface area contributed by atoms with Gasteiger partial charge in [-0.25, -0.2) is 9.97 Å². The zero-order valence-electron chi connectivity index (χ0n) is 32.4. The van der Waals surface area contributed by atoms with Crippen LogP contribution in [0.1, 0.15) is 43.2 Å². The summed E-state index contributed by atoms with van der Waals surface area (Å²) < 4.78 is 0. The van der Waals surface area contributed by atoms with E-state index in [0.29, 0.717) is 0 Å². The molecule has 2 nitrogen and oxygen atoms in total. The molecule has 8 aromatic carbocycles. The van der Waals surface area contributed by atoms with E-state index >= 15 is 0 Å². The third kappa shape index (κ3) is 4.66. The highest BCUT2D eigenvalue weighted by atomic mass is 14.8. The minimum absolute atomic E-state index is 0.148. The first-order chi connectivity index (χ1) is 28.7. The van der Waals surface area contributed by atoms with Crippen molar-refractivity contribution in [3.05, 3.63) is 181 Å². The van der Waals surface area contributed by atoms with Crippen LogP contribution in [0, 0.1) is 23.7 Å². The smallest absolute Gasteiger partial charge is 0.0973 e. The number of benzene rings is 8. The Morgan fingerprint density at radius 1 is 0.397 bits per heavy atom. The van der Waals surface area contributed by atoms with E-state index in [-0.39, 0.29) is 5.41 Å². The van der Waals surface area contributed by atoms with Gasteiger partial charge in [-0.2, -0.15) is 0 Å². The predicted molar refractivity (Wildman–Crippen MR) is 240 cm³/mol. The Kier molecular flexibility index (Phi) is 6.94. The SMILES string of the molecule is c1ccc(-c2nc3ccc4ccccc4c3nc2-c2cccc(-c3ccc(-c4ccc5c(c4)-c4ccc6ccccc6c4C54C5CC6CC(C5)CC4C6)cc3)c2)cc1. The number of aromatic nitrogens is 2. The summed E-state index contributed by atoms with van der Waals surface area (Å²) in [7, 11) is 0. The zero-order chi connectivity index (χ0) is 38.0. The van der Waals surface area contributed by atoms with Gasteiger partial charge in [-0.3, -0.25) is 0 Å². The van der Waals surface area contributed by atoms with Crippen LogP contribution in [0.25, 0.3) is 88.5 Å². The summed E-state index contributed by atoms with van der Waals surface area (Å²) >= 11 is 0. The van der Waals surface area contributed by atoms with E-state index in [2.05, 4.69) is 170 Å². The van der Waals surface area contributed by atoms with E-state index in [1.807, 2.05) is 0 Å². The van der Waals surface area contributed by atoms with Crippen molar-refractivity contribution >= 4 is 32.6 Å². The number of hydrogen-bond donors (Lipinski definition) is 0. The van der Waals surface area contributed by atoms with Crippen LogP contribution in [-0.2, 0) is 5.41 Å². The summed E-state index contributed by atoms with van der Waals surface area (Å²) in [5.41, 5.74) is 17.1. The fraction of sp³-hybridized carbons (Fsp3) is 0.179. The van der Waals surface area contributed by atoms with Crippen molar-refractivity contribution in [2.75, 3.05) is 0 Å². The summed E-state index contributed by atoms with van der Waals surface area (Å²) in [4.78, 5) is 10.7. The highest BCUT2D eigenvalue weighted by molar-refractivity contribution is 6.05. The lowest BCUT2D eigenvalue weighted by molar-refractivity contribution is -0.0393. The molecule has 0 saturated heterocycles. The topological polar surface area (TPSA) is 25.8 Å². The molecule has 0 amide bonds. The van der Waals surface area contributed by atoms with Crippen molar-refractivity contribution in [2.24, 2.45) is 23.7 Å². The van der Waals surface area contributed by atoms with Gasteiger partial charge in [-0.05, 0) is 135 Å². The van der Waals surface area contributed by atoms with Crippen molar-refractivity contribution in [3.63, 3.8) is 0 Å². The van der Waals surface area contributed by atoms with Crippen LogP contribution in [0.5, 0.6) is 0 Å². The summed E-state index contributed by atoms with van der Waals surface area (Å²) in [5, 5.41) is 5.16. The van der Waals surface area contributed by atoms with Gasteiger partial charge in [-0.1, -0.05) is 152 Å². The quantitative estimate of drug-likeness (QED) is 0.168. The second-order valence-electron chi connectivity index (χ2n) is 17.7. The molecule has 0 N–H and O–H groups in total. The third-order valence-corrected chi connectivity index (χ3v) is 14.8. The lowest BCUT2D eigenvalue weighted by atomic mass is 9.43. The minimum Gasteiger partial charge on any atom is -0.244 e. The summed E-state index contributed by atoms with van der Waals surface area (Å²) in [6.07, 6.45) is 7.07. The van der Waals surface area contributed by atoms with Gasteiger partial charge in [-0.15, -0.1) is 0 Å². The average molecular weight is 743 g/mol. The van der Waals surface area contributed by atoms with E-state index in [9.17, 15) is 0 Å². The van der Waals surface area contributed by atoms with Gasteiger partial charge in [0.2, 0.25) is 0 Å². The van der Waals surface area contributed by atoms with Crippen molar-refractivity contribution in [2.45, 2.75) is 37.5 Å². The maximum absolute atomic E-state index is 5.39. The lowest BCUT2D eigenvalue weighted by Gasteiger charge is -2.61. The Labute approximate surface area is 339 Å². The third-order valence-electron chi connectivity index (χ3n) is 14.8. The molecule has 0 unspecified atom stereocenters. The number of hydrogen-bond acceptors (Lipinski definition) is 2. The van der Waals surface area contributed by atoms with Gasteiger partial charge in [0.15, 0.2) is 0 Å². The molecule has 0 atom stereocenters. The Morgan fingerprint density at radius 2 is 0.983 bits per heavy atom. The summed E-state index contributed by atoms with van der Waals surface area (Å²) in [5.74, 6) is 3.36. The Hall–Kier alpha value is -6.38. The molecule has 1 aromatic heterocycles. The molecular weight excluding hydrogens is 701 g/mol. The van der Waals surface area contributed by atoms with Crippen molar-refractivity contribution in [3.8, 4) is 55.9 Å². The van der Waals surface area contributed by atoms with Crippen LogP contribution < -0.4 is 0 Å². The van der Waals surface area contributed by atoms with Gasteiger partial charge in [0.25, 0.3) is 0 Å². The van der Waals surface area contributed by atoms with Crippen LogP contribution in [0.4, 0.5) is 0 Å². The molecule has 0 radical (unpaired) electrons. The molecule has 276 valence electrons. The lowest BCUT2D eigenvalue weighted by Crippen LogP contribution is -2.55. The fourth-order valence-corrected chi connectivity index (χ4v) is 12.6. The number of rotatable bonds is 4. The first-order valence-corrected chi connectivity index (χ1v) is 21.3. The number of fused-ring (bicyclic) bond motifs is 8. The Morgan fingerprint density at radius 3 is 1.74 bits per heavy atom. The van der Waals surface area contributed by atoms with Crippen molar-refractivity contribution in [1.29, 1.82) is 0 Å².